The number of hydrogen-bond donors (Lipinski definition) is 4. The van der Waals surface area contributed by atoms with Crippen molar-refractivity contribution in [1.29, 1.82) is 0 Å². The summed E-state index contributed by atoms with van der Waals surface area (Å²) in [5, 5.41) is 34.7. The van der Waals surface area contributed by atoms with E-state index in [9.17, 15) is 24.9 Å². The normalized spacial score (nSPS) is 45.0. The first-order valence-electron chi connectivity index (χ1n) is 20.4. The summed E-state index contributed by atoms with van der Waals surface area (Å²) >= 11 is 0. The van der Waals surface area contributed by atoms with E-state index in [0.717, 1.165) is 32.1 Å². The smallest absolute Gasteiger partial charge is 0.323 e. The highest BCUT2D eigenvalue weighted by Crippen LogP contribution is 2.89. The van der Waals surface area contributed by atoms with Gasteiger partial charge in [-0.1, -0.05) is 34.6 Å². The van der Waals surface area contributed by atoms with Gasteiger partial charge >= 0.3 is 5.97 Å². The lowest BCUT2D eigenvalue weighted by molar-refractivity contribution is -0.248. The van der Waals surface area contributed by atoms with Gasteiger partial charge in [0, 0.05) is 32.0 Å². The summed E-state index contributed by atoms with van der Waals surface area (Å²) < 4.78 is 18.8. The molecule has 1 amide bonds. The standard InChI is InChI=1S/C41H68N2O8/c1-24(18-27(49-7)21-42-35(25(2)44)36(47)48)28-20-31(45)39(6)30-11-10-29-37(3,4)32(12-13-40(29)23-41(30,40)15-14-38(28,39)5)51-34-22-43(16-17-50-34)33(46)19-26-8-9-26/h24-32,34-35,42,44-45H,8-23H2,1-7H3,(H,47,48)/t24-,25?,27?,28-,29?,30?,31+,32?,34+,35?,38?,39-,40?,41?/m1/s1. The van der Waals surface area contributed by atoms with Crippen molar-refractivity contribution in [3.05, 3.63) is 0 Å². The molecule has 4 N–H and O–H groups in total. The molecule has 290 valence electrons. The number of nitrogens with one attached hydrogen (secondary N) is 1. The summed E-state index contributed by atoms with van der Waals surface area (Å²) in [5.74, 6) is 1.49. The molecule has 6 saturated carbocycles. The molecule has 10 heteroatoms. The van der Waals surface area contributed by atoms with Crippen LogP contribution < -0.4 is 5.32 Å². The van der Waals surface area contributed by atoms with Crippen LogP contribution >= 0.6 is 0 Å². The minimum Gasteiger partial charge on any atom is -0.480 e. The minimum atomic E-state index is -1.06. The second-order valence-corrected chi connectivity index (χ2v) is 19.5. The van der Waals surface area contributed by atoms with Crippen LogP contribution in [0.2, 0.25) is 0 Å². The Balaban J connectivity index is 1.02. The number of carboxylic acids is 1. The van der Waals surface area contributed by atoms with Gasteiger partial charge in [-0.3, -0.25) is 14.9 Å². The van der Waals surface area contributed by atoms with Gasteiger partial charge in [-0.15, -0.1) is 0 Å². The minimum absolute atomic E-state index is 0.0000417. The van der Waals surface area contributed by atoms with Crippen LogP contribution in [0, 0.1) is 56.7 Å². The molecule has 51 heavy (non-hydrogen) atoms. The highest BCUT2D eigenvalue weighted by atomic mass is 16.7. The first kappa shape index (κ1) is 38.0. The lowest BCUT2D eigenvalue weighted by atomic mass is 9.41. The molecule has 7 aliphatic rings. The van der Waals surface area contributed by atoms with E-state index in [0.29, 0.717) is 67.7 Å². The van der Waals surface area contributed by atoms with Crippen molar-refractivity contribution in [3.8, 4) is 0 Å². The molecule has 1 saturated heterocycles. The van der Waals surface area contributed by atoms with Gasteiger partial charge < -0.3 is 34.4 Å². The second kappa shape index (κ2) is 13.5. The maximum Gasteiger partial charge on any atom is 0.323 e. The maximum absolute atomic E-state index is 12.9. The average Bonchev–Trinajstić information content (AvgIpc) is 3.99. The van der Waals surface area contributed by atoms with E-state index in [2.05, 4.69) is 39.9 Å². The largest absolute Gasteiger partial charge is 0.480 e. The number of aliphatic hydroxyl groups excluding tert-OH is 2. The van der Waals surface area contributed by atoms with Crippen LogP contribution in [0.5, 0.6) is 0 Å². The average molecular weight is 717 g/mol. The van der Waals surface area contributed by atoms with Crippen molar-refractivity contribution < 1.29 is 39.1 Å². The number of aliphatic carboxylic acids is 1. The zero-order chi connectivity index (χ0) is 36.7. The van der Waals surface area contributed by atoms with Gasteiger partial charge in [0.05, 0.1) is 37.6 Å². The molecule has 9 unspecified atom stereocenters. The first-order valence-corrected chi connectivity index (χ1v) is 20.4. The molecule has 1 aliphatic heterocycles. The predicted octanol–water partition coefficient (Wildman–Crippen LogP) is 5.23. The monoisotopic (exact) mass is 716 g/mol. The van der Waals surface area contributed by atoms with Crippen LogP contribution in [0.15, 0.2) is 0 Å². The van der Waals surface area contributed by atoms with Crippen LogP contribution in [0.1, 0.15) is 119 Å². The molecular weight excluding hydrogens is 648 g/mol. The molecule has 2 spiro atoms. The van der Waals surface area contributed by atoms with E-state index in [1.54, 1.807) is 7.11 Å². The van der Waals surface area contributed by atoms with Gasteiger partial charge in [-0.2, -0.15) is 0 Å². The quantitative estimate of drug-likeness (QED) is 0.202. The molecule has 1 heterocycles. The van der Waals surface area contributed by atoms with Crippen LogP contribution in [-0.4, -0.2) is 102 Å². The fourth-order valence-electron chi connectivity index (χ4n) is 13.9. The Morgan fingerprint density at radius 3 is 2.37 bits per heavy atom. The Labute approximate surface area is 306 Å². The van der Waals surface area contributed by atoms with E-state index in [4.69, 9.17) is 14.2 Å². The number of fused-ring (bicyclic) bond motifs is 2. The summed E-state index contributed by atoms with van der Waals surface area (Å²) in [5.41, 5.74) is 0.434. The number of amides is 1. The molecule has 7 rings (SSSR count). The van der Waals surface area contributed by atoms with E-state index in [1.807, 2.05) is 4.90 Å². The number of carboxylic acid groups (broad SMARTS) is 1. The summed E-state index contributed by atoms with van der Waals surface area (Å²) in [6.07, 6.45) is 11.0. The molecular formula is C41H68N2O8. The number of nitrogens with zero attached hydrogens (tertiary/aromatic N) is 1. The van der Waals surface area contributed by atoms with Crippen molar-refractivity contribution in [1.82, 2.24) is 10.2 Å². The zero-order valence-corrected chi connectivity index (χ0v) is 32.5. The zero-order valence-electron chi connectivity index (χ0n) is 32.5. The maximum atomic E-state index is 12.9. The van der Waals surface area contributed by atoms with Crippen LogP contribution in [0.3, 0.4) is 0 Å². The third-order valence-corrected chi connectivity index (χ3v) is 17.0. The van der Waals surface area contributed by atoms with Gasteiger partial charge in [-0.05, 0) is 129 Å². The summed E-state index contributed by atoms with van der Waals surface area (Å²) in [6, 6.07) is -1.03. The molecule has 10 nitrogen and oxygen atoms in total. The van der Waals surface area contributed by atoms with Gasteiger partial charge in [0.2, 0.25) is 5.91 Å². The topological polar surface area (TPSA) is 138 Å². The highest BCUT2D eigenvalue weighted by Gasteiger charge is 2.83. The molecule has 0 aromatic heterocycles. The summed E-state index contributed by atoms with van der Waals surface area (Å²) in [6.45, 7) is 15.7. The predicted molar refractivity (Wildman–Crippen MR) is 192 cm³/mol. The fraction of sp³-hybridized carbons (Fsp3) is 0.951. The molecule has 0 aromatic carbocycles. The molecule has 0 aromatic rings. The Morgan fingerprint density at radius 1 is 1.00 bits per heavy atom. The van der Waals surface area contributed by atoms with Crippen molar-refractivity contribution in [2.24, 2.45) is 56.7 Å². The number of methoxy groups -OCH3 is 1. The third-order valence-electron chi connectivity index (χ3n) is 17.0. The van der Waals surface area contributed by atoms with Crippen molar-refractivity contribution >= 4 is 11.9 Å². The Morgan fingerprint density at radius 2 is 1.71 bits per heavy atom. The molecule has 6 aliphatic carbocycles. The van der Waals surface area contributed by atoms with Gasteiger partial charge in [0.25, 0.3) is 0 Å². The Kier molecular flexibility index (Phi) is 10.0. The fourth-order valence-corrected chi connectivity index (χ4v) is 13.9. The number of carbonyl (C=O) groups excluding carboxylic acids is 1. The SMILES string of the molecule is COC(CNC(C(=O)O)C(C)O)C[C@@H](C)[C@H]1C[C@H](O)[C@@]2(C)C3CCC4C(C)(C)C(O[C@H]5CN(C(=O)CC6CC6)CCO5)CCC45CC35CCC12C. The number of rotatable bonds is 13. The summed E-state index contributed by atoms with van der Waals surface area (Å²) in [4.78, 5) is 26.5. The molecule has 0 radical (unpaired) electrons. The number of aliphatic hydroxyl groups is 2. The van der Waals surface area contributed by atoms with E-state index in [-0.39, 0.29) is 52.2 Å². The summed E-state index contributed by atoms with van der Waals surface area (Å²) in [7, 11) is 1.68. The van der Waals surface area contributed by atoms with Gasteiger partial charge in [0.1, 0.15) is 6.04 Å². The molecule has 7 fully saturated rings. The number of hydrogen-bond acceptors (Lipinski definition) is 8. The van der Waals surface area contributed by atoms with Crippen molar-refractivity contribution in [2.75, 3.05) is 33.4 Å². The Hall–Kier alpha value is -1.30. The highest BCUT2D eigenvalue weighted by molar-refractivity contribution is 5.76. The van der Waals surface area contributed by atoms with Crippen molar-refractivity contribution in [2.45, 2.75) is 155 Å². The van der Waals surface area contributed by atoms with Gasteiger partial charge in [-0.25, -0.2) is 0 Å². The molecule has 0 bridgehead atoms. The van der Waals surface area contributed by atoms with Crippen LogP contribution in [0.4, 0.5) is 0 Å². The van der Waals surface area contributed by atoms with E-state index >= 15 is 0 Å². The third kappa shape index (κ3) is 6.03. The number of ether oxygens (including phenoxy) is 3. The first-order chi connectivity index (χ1) is 24.0. The van der Waals surface area contributed by atoms with Gasteiger partial charge in [0.15, 0.2) is 6.29 Å². The van der Waals surface area contributed by atoms with Crippen molar-refractivity contribution in [3.63, 3.8) is 0 Å². The lowest BCUT2D eigenvalue weighted by Crippen LogP contribution is -2.60. The Bertz CT molecular complexity index is 1320. The van der Waals surface area contributed by atoms with Crippen LogP contribution in [-0.2, 0) is 23.8 Å². The number of morpholine rings is 1. The second-order valence-electron chi connectivity index (χ2n) is 19.5. The molecule has 14 atom stereocenters. The lowest BCUT2D eigenvalue weighted by Gasteiger charge is -2.64. The van der Waals surface area contributed by atoms with Crippen LogP contribution in [0.25, 0.3) is 0 Å². The van der Waals surface area contributed by atoms with E-state index in [1.165, 1.54) is 45.4 Å². The van der Waals surface area contributed by atoms with E-state index < -0.39 is 18.1 Å². The number of carbonyl (C=O) groups is 2.